The number of carbonyl (C=O) groups is 1. The van der Waals surface area contributed by atoms with Gasteiger partial charge < -0.3 is 9.80 Å². The van der Waals surface area contributed by atoms with Gasteiger partial charge in [0.15, 0.2) is 0 Å². The van der Waals surface area contributed by atoms with Crippen LogP contribution in [0.2, 0.25) is 0 Å². The van der Waals surface area contributed by atoms with Crippen molar-refractivity contribution in [2.45, 2.75) is 11.3 Å². The van der Waals surface area contributed by atoms with E-state index < -0.39 is 14.9 Å². The minimum Gasteiger partial charge on any atom is -0.340 e. The van der Waals surface area contributed by atoms with E-state index in [-0.39, 0.29) is 29.5 Å². The van der Waals surface area contributed by atoms with E-state index in [0.717, 1.165) is 25.2 Å². The Morgan fingerprint density at radius 2 is 1.79 bits per heavy atom. The number of nitro benzene ring substituents is 1. The third-order valence-corrected chi connectivity index (χ3v) is 5.32. The number of likely N-dealkylation sites (N-methyl/N-ethyl adjacent to an activating group) is 1. The second-order valence-electron chi connectivity index (χ2n) is 5.58. The van der Waals surface area contributed by atoms with Crippen LogP contribution < -0.4 is 4.72 Å². The number of benzene rings is 1. The van der Waals surface area contributed by atoms with E-state index in [1.165, 1.54) is 12.1 Å². The minimum atomic E-state index is -3.79. The zero-order valence-corrected chi connectivity index (χ0v) is 14.2. The van der Waals surface area contributed by atoms with E-state index in [1.54, 1.807) is 4.90 Å². The van der Waals surface area contributed by atoms with Gasteiger partial charge in [-0.15, -0.1) is 0 Å². The molecule has 1 aromatic carbocycles. The molecule has 1 heterocycles. The van der Waals surface area contributed by atoms with Gasteiger partial charge in [-0.05, 0) is 19.2 Å². The van der Waals surface area contributed by atoms with Crippen LogP contribution in [0.3, 0.4) is 0 Å². The van der Waals surface area contributed by atoms with Gasteiger partial charge in [-0.1, -0.05) is 0 Å². The van der Waals surface area contributed by atoms with Crippen molar-refractivity contribution < 1.29 is 18.1 Å². The molecule has 0 unspecified atom stereocenters. The predicted octanol–water partition coefficient (Wildman–Crippen LogP) is 0.0372. The molecular weight excluding hydrogens is 336 g/mol. The number of sulfonamides is 1. The summed E-state index contributed by atoms with van der Waals surface area (Å²) in [6.45, 7) is 2.89. The highest BCUT2D eigenvalue weighted by molar-refractivity contribution is 7.89. The zero-order chi connectivity index (χ0) is 17.7. The molecule has 1 aliphatic rings. The number of amides is 1. The fourth-order valence-corrected chi connectivity index (χ4v) is 3.37. The van der Waals surface area contributed by atoms with Crippen molar-refractivity contribution in [2.75, 3.05) is 39.8 Å². The van der Waals surface area contributed by atoms with E-state index in [4.69, 9.17) is 0 Å². The van der Waals surface area contributed by atoms with Crippen molar-refractivity contribution in [3.8, 4) is 0 Å². The van der Waals surface area contributed by atoms with Crippen molar-refractivity contribution >= 4 is 21.6 Å². The molecule has 1 fully saturated rings. The first-order valence-corrected chi connectivity index (χ1v) is 8.98. The van der Waals surface area contributed by atoms with Gasteiger partial charge in [0.25, 0.3) is 5.69 Å². The summed E-state index contributed by atoms with van der Waals surface area (Å²) >= 11 is 0. The minimum absolute atomic E-state index is 0.00943. The molecule has 1 N–H and O–H groups in total. The highest BCUT2D eigenvalue weighted by atomic mass is 32.2. The summed E-state index contributed by atoms with van der Waals surface area (Å²) in [4.78, 5) is 25.8. The molecule has 0 aliphatic carbocycles. The molecule has 0 bridgehead atoms. The molecule has 0 saturated carbocycles. The third kappa shape index (κ3) is 4.73. The van der Waals surface area contributed by atoms with Gasteiger partial charge in [-0.3, -0.25) is 14.9 Å². The molecule has 2 rings (SSSR count). The second-order valence-corrected chi connectivity index (χ2v) is 7.35. The first-order valence-electron chi connectivity index (χ1n) is 7.50. The van der Waals surface area contributed by atoms with Crippen molar-refractivity contribution in [1.29, 1.82) is 0 Å². The van der Waals surface area contributed by atoms with Gasteiger partial charge in [0, 0.05) is 51.3 Å². The van der Waals surface area contributed by atoms with Gasteiger partial charge in [0.1, 0.15) is 0 Å². The number of nitrogens with zero attached hydrogens (tertiary/aromatic N) is 3. The topological polar surface area (TPSA) is 113 Å². The number of non-ortho nitro benzene ring substituents is 1. The molecule has 1 amide bonds. The van der Waals surface area contributed by atoms with E-state index >= 15 is 0 Å². The van der Waals surface area contributed by atoms with Crippen molar-refractivity contribution in [1.82, 2.24) is 14.5 Å². The van der Waals surface area contributed by atoms with Crippen LogP contribution in [0.5, 0.6) is 0 Å². The fourth-order valence-electron chi connectivity index (χ4n) is 2.34. The molecular formula is C14H20N4O5S. The monoisotopic (exact) mass is 356 g/mol. The van der Waals surface area contributed by atoms with E-state index in [0.29, 0.717) is 13.1 Å². The van der Waals surface area contributed by atoms with Crippen LogP contribution in [-0.2, 0) is 14.8 Å². The van der Waals surface area contributed by atoms with Crippen molar-refractivity contribution in [2.24, 2.45) is 0 Å². The van der Waals surface area contributed by atoms with Gasteiger partial charge in [0.05, 0.1) is 9.82 Å². The molecule has 132 valence electrons. The average molecular weight is 356 g/mol. The molecule has 0 spiro atoms. The zero-order valence-electron chi connectivity index (χ0n) is 13.3. The molecule has 0 radical (unpaired) electrons. The summed E-state index contributed by atoms with van der Waals surface area (Å²) in [7, 11) is -1.80. The summed E-state index contributed by atoms with van der Waals surface area (Å²) in [6.07, 6.45) is 0.0793. The Morgan fingerprint density at radius 3 is 2.33 bits per heavy atom. The molecule has 1 saturated heterocycles. The number of nitrogens with one attached hydrogen (secondary N) is 1. The van der Waals surface area contributed by atoms with Crippen LogP contribution in [0.4, 0.5) is 5.69 Å². The van der Waals surface area contributed by atoms with Crippen LogP contribution >= 0.6 is 0 Å². The lowest BCUT2D eigenvalue weighted by Gasteiger charge is -2.32. The summed E-state index contributed by atoms with van der Waals surface area (Å²) in [5, 5.41) is 10.6. The number of rotatable bonds is 6. The van der Waals surface area contributed by atoms with E-state index in [2.05, 4.69) is 9.62 Å². The van der Waals surface area contributed by atoms with Gasteiger partial charge in [-0.2, -0.15) is 0 Å². The normalized spacial score (nSPS) is 16.1. The highest BCUT2D eigenvalue weighted by Crippen LogP contribution is 2.15. The van der Waals surface area contributed by atoms with Crippen molar-refractivity contribution in [3.05, 3.63) is 34.4 Å². The lowest BCUT2D eigenvalue weighted by Crippen LogP contribution is -2.47. The fraction of sp³-hybridized carbons (Fsp3) is 0.500. The Morgan fingerprint density at radius 1 is 1.21 bits per heavy atom. The lowest BCUT2D eigenvalue weighted by molar-refractivity contribution is -0.384. The second kappa shape index (κ2) is 7.69. The average Bonchev–Trinajstić information content (AvgIpc) is 2.55. The molecule has 0 atom stereocenters. The Kier molecular flexibility index (Phi) is 5.86. The first kappa shape index (κ1) is 18.3. The smallest absolute Gasteiger partial charge is 0.269 e. The number of nitro groups is 1. The highest BCUT2D eigenvalue weighted by Gasteiger charge is 2.20. The van der Waals surface area contributed by atoms with Crippen LogP contribution in [0.1, 0.15) is 6.42 Å². The molecule has 1 aliphatic heterocycles. The maximum Gasteiger partial charge on any atom is 0.269 e. The number of piperazine rings is 1. The Hall–Kier alpha value is -2.04. The standard InChI is InChI=1S/C14H20N4O5S/c1-16-8-10-17(11-9-16)14(19)6-7-15-24(22,23)13-4-2-12(3-5-13)18(20)21/h2-5,15H,6-11H2,1H3. The van der Waals surface area contributed by atoms with Gasteiger partial charge >= 0.3 is 0 Å². The molecule has 24 heavy (non-hydrogen) atoms. The Balaban J connectivity index is 1.86. The summed E-state index contributed by atoms with van der Waals surface area (Å²) in [6, 6.07) is 4.60. The SMILES string of the molecule is CN1CCN(C(=O)CCNS(=O)(=O)c2ccc([N+](=O)[O-])cc2)CC1. The molecule has 0 aromatic heterocycles. The Labute approximate surface area is 140 Å². The van der Waals surface area contributed by atoms with Crippen molar-refractivity contribution in [3.63, 3.8) is 0 Å². The summed E-state index contributed by atoms with van der Waals surface area (Å²) < 4.78 is 26.6. The third-order valence-electron chi connectivity index (χ3n) is 3.84. The molecule has 1 aromatic rings. The molecule has 9 nitrogen and oxygen atoms in total. The van der Waals surface area contributed by atoms with Gasteiger partial charge in [-0.25, -0.2) is 13.1 Å². The number of carbonyl (C=O) groups excluding carboxylic acids is 1. The number of hydrogen-bond acceptors (Lipinski definition) is 6. The van der Waals surface area contributed by atoms with Crippen LogP contribution in [-0.4, -0.2) is 68.8 Å². The van der Waals surface area contributed by atoms with E-state index in [1.807, 2.05) is 7.05 Å². The van der Waals surface area contributed by atoms with Crippen LogP contribution in [0.15, 0.2) is 29.2 Å². The maximum absolute atomic E-state index is 12.1. The summed E-state index contributed by atoms with van der Waals surface area (Å²) in [5.41, 5.74) is -0.181. The Bertz CT molecular complexity index is 696. The van der Waals surface area contributed by atoms with Gasteiger partial charge in [0.2, 0.25) is 15.9 Å². The lowest BCUT2D eigenvalue weighted by atomic mass is 10.3. The van der Waals surface area contributed by atoms with E-state index in [9.17, 15) is 23.3 Å². The predicted molar refractivity (Wildman–Crippen MR) is 87.0 cm³/mol. The maximum atomic E-state index is 12.1. The summed E-state index contributed by atoms with van der Waals surface area (Å²) in [5.74, 6) is -0.0884. The quantitative estimate of drug-likeness (QED) is 0.569. The number of hydrogen-bond donors (Lipinski definition) is 1. The largest absolute Gasteiger partial charge is 0.340 e. The molecule has 10 heteroatoms. The van der Waals surface area contributed by atoms with Crippen LogP contribution in [0.25, 0.3) is 0 Å². The first-order chi connectivity index (χ1) is 11.3. The van der Waals surface area contributed by atoms with Crippen LogP contribution in [0, 0.1) is 10.1 Å².